The maximum Gasteiger partial charge on any atom is 0.319 e. The highest BCUT2D eigenvalue weighted by atomic mass is 19.1. The maximum atomic E-state index is 13.5. The molecule has 2 N–H and O–H groups in total. The van der Waals surface area contributed by atoms with Crippen molar-refractivity contribution in [3.63, 3.8) is 0 Å². The van der Waals surface area contributed by atoms with Crippen molar-refractivity contribution in [3.8, 4) is 0 Å². The van der Waals surface area contributed by atoms with E-state index in [9.17, 15) is 13.6 Å². The van der Waals surface area contributed by atoms with Crippen LogP contribution in [0, 0.1) is 25.5 Å². The molecular weight excluding hydrogens is 290 g/mol. The minimum Gasteiger partial charge on any atom is -0.331 e. The fourth-order valence-electron chi connectivity index (χ4n) is 2.44. The molecule has 1 aromatic heterocycles. The number of benzene rings is 1. The van der Waals surface area contributed by atoms with E-state index in [1.165, 1.54) is 0 Å². The summed E-state index contributed by atoms with van der Waals surface area (Å²) in [5, 5.41) is 9.28. The van der Waals surface area contributed by atoms with Gasteiger partial charge in [-0.2, -0.15) is 5.10 Å². The van der Waals surface area contributed by atoms with Crippen LogP contribution in [0.4, 0.5) is 19.3 Å². The topological polar surface area (TPSA) is 59.0 Å². The second-order valence-electron chi connectivity index (χ2n) is 5.15. The fraction of sp³-hybridized carbons (Fsp3) is 0.333. The van der Waals surface area contributed by atoms with Crippen LogP contribution in [-0.4, -0.2) is 15.8 Å². The van der Waals surface area contributed by atoms with Gasteiger partial charge < -0.3 is 10.6 Å². The van der Waals surface area contributed by atoms with Crippen LogP contribution in [0.25, 0.3) is 0 Å². The summed E-state index contributed by atoms with van der Waals surface area (Å²) in [7, 11) is 1.82. The van der Waals surface area contributed by atoms with Gasteiger partial charge in [-0.3, -0.25) is 4.68 Å². The van der Waals surface area contributed by atoms with E-state index < -0.39 is 17.7 Å². The second-order valence-corrected chi connectivity index (χ2v) is 5.15. The molecule has 0 radical (unpaired) electrons. The minimum absolute atomic E-state index is 0.204. The highest BCUT2D eigenvalue weighted by Gasteiger charge is 2.18. The highest BCUT2D eigenvalue weighted by Crippen LogP contribution is 2.21. The van der Waals surface area contributed by atoms with Crippen LogP contribution >= 0.6 is 0 Å². The van der Waals surface area contributed by atoms with Crippen LogP contribution in [0.2, 0.25) is 0 Å². The van der Waals surface area contributed by atoms with Crippen LogP contribution in [0.5, 0.6) is 0 Å². The average Bonchev–Trinajstić information content (AvgIpc) is 2.67. The lowest BCUT2D eigenvalue weighted by atomic mass is 10.1. The van der Waals surface area contributed by atoms with Crippen molar-refractivity contribution in [1.82, 2.24) is 15.1 Å². The molecule has 0 aliphatic rings. The van der Waals surface area contributed by atoms with Crippen molar-refractivity contribution >= 4 is 11.7 Å². The van der Waals surface area contributed by atoms with Gasteiger partial charge >= 0.3 is 6.03 Å². The third kappa shape index (κ3) is 3.24. The average molecular weight is 308 g/mol. The summed E-state index contributed by atoms with van der Waals surface area (Å²) in [5.74, 6) is -1.32. The number of nitrogens with one attached hydrogen (secondary N) is 2. The zero-order valence-corrected chi connectivity index (χ0v) is 12.9. The molecule has 118 valence electrons. The number of amides is 2. The van der Waals surface area contributed by atoms with Crippen molar-refractivity contribution in [1.29, 1.82) is 0 Å². The first-order valence-electron chi connectivity index (χ1n) is 6.82. The summed E-state index contributed by atoms with van der Waals surface area (Å²) >= 11 is 0. The fourth-order valence-corrected chi connectivity index (χ4v) is 2.44. The lowest BCUT2D eigenvalue weighted by Gasteiger charge is -2.16. The molecule has 5 nitrogen and oxygen atoms in total. The maximum absolute atomic E-state index is 13.5. The van der Waals surface area contributed by atoms with E-state index in [1.54, 1.807) is 11.6 Å². The van der Waals surface area contributed by atoms with Crippen molar-refractivity contribution in [2.75, 3.05) is 5.32 Å². The molecule has 2 amide bonds. The zero-order valence-electron chi connectivity index (χ0n) is 12.9. The van der Waals surface area contributed by atoms with Crippen LogP contribution < -0.4 is 10.6 Å². The molecule has 1 heterocycles. The summed E-state index contributed by atoms with van der Waals surface area (Å²) in [6, 6.07) is 1.96. The Kier molecular flexibility index (Phi) is 4.44. The van der Waals surface area contributed by atoms with Crippen molar-refractivity contribution in [2.45, 2.75) is 26.8 Å². The third-order valence-corrected chi connectivity index (χ3v) is 3.52. The number of halogens is 2. The molecule has 0 saturated carbocycles. The summed E-state index contributed by atoms with van der Waals surface area (Å²) in [6.45, 7) is 5.56. The van der Waals surface area contributed by atoms with Crippen LogP contribution in [0.15, 0.2) is 18.2 Å². The summed E-state index contributed by atoms with van der Waals surface area (Å²) < 4.78 is 28.3. The Morgan fingerprint density at radius 1 is 1.32 bits per heavy atom. The Balaban J connectivity index is 2.10. The first-order valence-corrected chi connectivity index (χ1v) is 6.82. The highest BCUT2D eigenvalue weighted by molar-refractivity contribution is 5.89. The molecule has 0 aliphatic heterocycles. The number of aromatic nitrogens is 2. The molecule has 1 atom stereocenters. The number of urea groups is 1. The van der Waals surface area contributed by atoms with Gasteiger partial charge in [0.1, 0.15) is 11.6 Å². The van der Waals surface area contributed by atoms with Crippen molar-refractivity contribution in [2.24, 2.45) is 7.05 Å². The molecule has 0 aliphatic carbocycles. The Hall–Kier alpha value is -2.44. The molecule has 0 bridgehead atoms. The Bertz CT molecular complexity index is 712. The van der Waals surface area contributed by atoms with E-state index in [2.05, 4.69) is 15.7 Å². The van der Waals surface area contributed by atoms with Gasteiger partial charge in [-0.15, -0.1) is 0 Å². The zero-order chi connectivity index (χ0) is 16.4. The SMILES string of the molecule is Cc1nn(C)c(C)c1C(C)NC(=O)Nc1cc(F)ccc1F. The van der Waals surface area contributed by atoms with E-state index in [0.29, 0.717) is 0 Å². The molecule has 1 unspecified atom stereocenters. The Labute approximate surface area is 127 Å². The number of nitrogens with zero attached hydrogens (tertiary/aromatic N) is 2. The second kappa shape index (κ2) is 6.13. The van der Waals surface area contributed by atoms with E-state index >= 15 is 0 Å². The quantitative estimate of drug-likeness (QED) is 0.915. The van der Waals surface area contributed by atoms with Gasteiger partial charge in [0.25, 0.3) is 0 Å². The van der Waals surface area contributed by atoms with E-state index in [1.807, 2.05) is 20.9 Å². The first-order chi connectivity index (χ1) is 10.3. The summed E-state index contributed by atoms with van der Waals surface area (Å²) in [4.78, 5) is 12.0. The number of hydrogen-bond acceptors (Lipinski definition) is 2. The number of hydrogen-bond donors (Lipinski definition) is 2. The van der Waals surface area contributed by atoms with Gasteiger partial charge in [-0.05, 0) is 32.9 Å². The van der Waals surface area contributed by atoms with Crippen molar-refractivity contribution in [3.05, 3.63) is 46.8 Å². The third-order valence-electron chi connectivity index (χ3n) is 3.52. The molecular formula is C15H18F2N4O. The number of rotatable bonds is 3. The predicted octanol–water partition coefficient (Wildman–Crippen LogP) is 3.20. The smallest absolute Gasteiger partial charge is 0.319 e. The van der Waals surface area contributed by atoms with Crippen LogP contribution in [-0.2, 0) is 7.05 Å². The van der Waals surface area contributed by atoms with Gasteiger partial charge in [0.2, 0.25) is 0 Å². The summed E-state index contributed by atoms with van der Waals surface area (Å²) in [6.07, 6.45) is 0. The van der Waals surface area contributed by atoms with Crippen molar-refractivity contribution < 1.29 is 13.6 Å². The van der Waals surface area contributed by atoms with E-state index in [4.69, 9.17) is 0 Å². The normalized spacial score (nSPS) is 12.1. The predicted molar refractivity (Wildman–Crippen MR) is 79.6 cm³/mol. The van der Waals surface area contributed by atoms with Crippen LogP contribution in [0.3, 0.4) is 0 Å². The molecule has 1 aromatic carbocycles. The van der Waals surface area contributed by atoms with E-state index in [0.717, 1.165) is 35.2 Å². The lowest BCUT2D eigenvalue weighted by molar-refractivity contribution is 0.249. The van der Waals surface area contributed by atoms with Gasteiger partial charge in [0.05, 0.1) is 17.4 Å². The molecule has 2 rings (SSSR count). The molecule has 0 fully saturated rings. The van der Waals surface area contributed by atoms with Gasteiger partial charge in [0.15, 0.2) is 0 Å². The molecule has 7 heteroatoms. The molecule has 2 aromatic rings. The molecule has 0 spiro atoms. The number of aryl methyl sites for hydroxylation is 2. The lowest BCUT2D eigenvalue weighted by Crippen LogP contribution is -2.32. The van der Waals surface area contributed by atoms with E-state index in [-0.39, 0.29) is 11.7 Å². The Morgan fingerprint density at radius 3 is 2.59 bits per heavy atom. The minimum atomic E-state index is -0.696. The van der Waals surface area contributed by atoms with Crippen LogP contribution in [0.1, 0.15) is 29.9 Å². The Morgan fingerprint density at radius 2 is 2.00 bits per heavy atom. The number of anilines is 1. The molecule has 0 saturated heterocycles. The first kappa shape index (κ1) is 15.9. The number of carbonyl (C=O) groups is 1. The molecule has 22 heavy (non-hydrogen) atoms. The van der Waals surface area contributed by atoms with Gasteiger partial charge in [-0.1, -0.05) is 0 Å². The number of carbonyl (C=O) groups excluding carboxylic acids is 1. The summed E-state index contributed by atoms with van der Waals surface area (Å²) in [5.41, 5.74) is 2.44. The monoisotopic (exact) mass is 308 g/mol. The van der Waals surface area contributed by atoms with Gasteiger partial charge in [-0.25, -0.2) is 13.6 Å². The van der Waals surface area contributed by atoms with Gasteiger partial charge in [0, 0.05) is 24.4 Å². The largest absolute Gasteiger partial charge is 0.331 e. The standard InChI is InChI=1S/C15H18F2N4O/c1-8(14-9(2)20-21(4)10(14)3)18-15(22)19-13-7-11(16)5-6-12(13)17/h5-8H,1-4H3,(H2,18,19,22).